The van der Waals surface area contributed by atoms with Gasteiger partial charge in [0.15, 0.2) is 0 Å². The van der Waals surface area contributed by atoms with Crippen molar-refractivity contribution in [3.8, 4) is 0 Å². The first kappa shape index (κ1) is 10.7. The number of hydrogen-bond acceptors (Lipinski definition) is 3. The van der Waals surface area contributed by atoms with Crippen molar-refractivity contribution in [1.29, 1.82) is 0 Å². The Hall–Kier alpha value is -1.43. The summed E-state index contributed by atoms with van der Waals surface area (Å²) in [5.41, 5.74) is 1.80. The number of aromatic nitrogens is 3. The third-order valence-corrected chi connectivity index (χ3v) is 3.89. The Morgan fingerprint density at radius 1 is 1.53 bits per heavy atom. The second-order valence-corrected chi connectivity index (χ2v) is 4.87. The molecule has 0 aromatic carbocycles. The molecule has 0 saturated carbocycles. The molecule has 5 nitrogen and oxygen atoms in total. The molecular formula is C11H10BrN3O2. The first-order valence-electron chi connectivity index (χ1n) is 5.31. The normalized spacial score (nSPS) is 17.9. The first-order chi connectivity index (χ1) is 8.13. The highest BCUT2D eigenvalue weighted by Crippen LogP contribution is 2.23. The van der Waals surface area contributed by atoms with Gasteiger partial charge in [-0.15, -0.1) is 0 Å². The molecule has 2 aromatic rings. The van der Waals surface area contributed by atoms with Crippen molar-refractivity contribution in [1.82, 2.24) is 14.1 Å². The zero-order valence-corrected chi connectivity index (χ0v) is 10.8. The van der Waals surface area contributed by atoms with Crippen LogP contribution in [-0.2, 0) is 6.54 Å². The van der Waals surface area contributed by atoms with Crippen molar-refractivity contribution in [2.45, 2.75) is 19.5 Å². The minimum Gasteiger partial charge on any atom is -0.289 e. The molecule has 1 atom stereocenters. The zero-order valence-electron chi connectivity index (χ0n) is 9.18. The van der Waals surface area contributed by atoms with Crippen molar-refractivity contribution in [3.63, 3.8) is 0 Å². The van der Waals surface area contributed by atoms with Gasteiger partial charge in [-0.3, -0.25) is 18.7 Å². The molecule has 1 aliphatic heterocycles. The Balaban J connectivity index is 2.56. The van der Waals surface area contributed by atoms with Gasteiger partial charge in [0, 0.05) is 17.4 Å². The van der Waals surface area contributed by atoms with Crippen molar-refractivity contribution < 1.29 is 0 Å². The smallest absolute Gasteiger partial charge is 0.270 e. The molecule has 17 heavy (non-hydrogen) atoms. The summed E-state index contributed by atoms with van der Waals surface area (Å²) in [6, 6.07) is 1.72. The first-order valence-corrected chi connectivity index (χ1v) is 6.43. The van der Waals surface area contributed by atoms with E-state index in [0.717, 1.165) is 0 Å². The minimum atomic E-state index is -0.155. The fourth-order valence-corrected chi connectivity index (χ4v) is 2.82. The van der Waals surface area contributed by atoms with Crippen LogP contribution in [0.2, 0.25) is 0 Å². The summed E-state index contributed by atoms with van der Waals surface area (Å²) < 4.78 is 3.29. The second kappa shape index (κ2) is 3.53. The van der Waals surface area contributed by atoms with Gasteiger partial charge in [-0.2, -0.15) is 0 Å². The van der Waals surface area contributed by atoms with Crippen LogP contribution in [-0.4, -0.2) is 19.4 Å². The molecule has 1 unspecified atom stereocenters. The molecule has 0 bridgehead atoms. The Morgan fingerprint density at radius 3 is 3.00 bits per heavy atom. The fourth-order valence-electron chi connectivity index (χ4n) is 2.33. The molecule has 0 amide bonds. The molecule has 3 heterocycles. The van der Waals surface area contributed by atoms with Crippen LogP contribution in [0.25, 0.3) is 11.2 Å². The lowest BCUT2D eigenvalue weighted by Crippen LogP contribution is -2.25. The molecule has 0 N–H and O–H groups in total. The molecule has 2 aromatic heterocycles. The van der Waals surface area contributed by atoms with Crippen molar-refractivity contribution in [3.05, 3.63) is 38.5 Å². The van der Waals surface area contributed by atoms with E-state index in [1.807, 2.05) is 0 Å². The van der Waals surface area contributed by atoms with Crippen LogP contribution < -0.4 is 11.1 Å². The molecular weight excluding hydrogens is 286 g/mol. The van der Waals surface area contributed by atoms with Gasteiger partial charge in [0.2, 0.25) is 0 Å². The third-order valence-electron chi connectivity index (χ3n) is 3.14. The molecule has 0 radical (unpaired) electrons. The molecule has 0 saturated heterocycles. The number of hydrogen-bond donors (Lipinski definition) is 0. The molecule has 88 valence electrons. The minimum absolute atomic E-state index is 0.0122. The zero-order chi connectivity index (χ0) is 12.2. The van der Waals surface area contributed by atoms with Crippen LogP contribution in [0.5, 0.6) is 0 Å². The number of aryl methyl sites for hydroxylation is 1. The maximum atomic E-state index is 12.1. The lowest BCUT2D eigenvalue weighted by molar-refractivity contribution is 0.537. The summed E-state index contributed by atoms with van der Waals surface area (Å²) in [6.45, 7) is 2.30. The Kier molecular flexibility index (Phi) is 2.22. The summed E-state index contributed by atoms with van der Waals surface area (Å²) in [5.74, 6) is 0. The maximum Gasteiger partial charge on any atom is 0.270 e. The van der Waals surface area contributed by atoms with E-state index in [4.69, 9.17) is 0 Å². The highest BCUT2D eigenvalue weighted by Gasteiger charge is 2.26. The van der Waals surface area contributed by atoms with Crippen LogP contribution in [0.4, 0.5) is 0 Å². The predicted octanol–water partition coefficient (Wildman–Crippen LogP) is 0.816. The highest BCUT2D eigenvalue weighted by atomic mass is 79.9. The summed E-state index contributed by atoms with van der Waals surface area (Å²) in [5, 5.41) is 0.645. The van der Waals surface area contributed by atoms with Crippen LogP contribution in [0.15, 0.2) is 21.9 Å². The van der Waals surface area contributed by atoms with Gasteiger partial charge in [0.25, 0.3) is 11.1 Å². The number of halogens is 1. The van der Waals surface area contributed by atoms with Gasteiger partial charge >= 0.3 is 0 Å². The number of pyridine rings is 1. The number of alkyl halides is 1. The van der Waals surface area contributed by atoms with E-state index in [2.05, 4.69) is 20.9 Å². The topological polar surface area (TPSA) is 56.9 Å². The summed E-state index contributed by atoms with van der Waals surface area (Å²) in [6.07, 6.45) is 1.31. The van der Waals surface area contributed by atoms with E-state index in [1.165, 1.54) is 6.20 Å². The largest absolute Gasteiger partial charge is 0.289 e. The van der Waals surface area contributed by atoms with Crippen LogP contribution in [0, 0.1) is 6.92 Å². The van der Waals surface area contributed by atoms with E-state index in [1.54, 1.807) is 22.1 Å². The van der Waals surface area contributed by atoms with Gasteiger partial charge in [-0.1, -0.05) is 15.9 Å². The lowest BCUT2D eigenvalue weighted by Gasteiger charge is -2.09. The van der Waals surface area contributed by atoms with Gasteiger partial charge in [0.1, 0.15) is 11.2 Å². The van der Waals surface area contributed by atoms with Gasteiger partial charge < -0.3 is 0 Å². The summed E-state index contributed by atoms with van der Waals surface area (Å²) in [7, 11) is 0. The molecule has 3 rings (SSSR count). The molecule has 0 fully saturated rings. The van der Waals surface area contributed by atoms with Gasteiger partial charge in [0.05, 0.1) is 12.2 Å². The van der Waals surface area contributed by atoms with Crippen molar-refractivity contribution in [2.75, 3.05) is 5.33 Å². The van der Waals surface area contributed by atoms with Crippen molar-refractivity contribution >= 4 is 27.1 Å². The standard InChI is InChI=1S/C11H10BrN3O2/c1-6-2-8-10-14(9(16)4-13-8)5-7(3-12)15(10)11(6)17/h2,4,7H,3,5H2,1H3. The monoisotopic (exact) mass is 295 g/mol. The van der Waals surface area contributed by atoms with E-state index < -0.39 is 0 Å². The van der Waals surface area contributed by atoms with E-state index in [0.29, 0.717) is 28.6 Å². The van der Waals surface area contributed by atoms with E-state index in [-0.39, 0.29) is 17.2 Å². The van der Waals surface area contributed by atoms with Crippen LogP contribution in [0.1, 0.15) is 11.6 Å². The fraction of sp³-hybridized carbons (Fsp3) is 0.364. The van der Waals surface area contributed by atoms with Crippen molar-refractivity contribution in [2.24, 2.45) is 0 Å². The molecule has 0 aliphatic carbocycles. The Bertz CT molecular complexity index is 732. The van der Waals surface area contributed by atoms with Crippen LogP contribution in [0.3, 0.4) is 0 Å². The Labute approximate surface area is 105 Å². The summed E-state index contributed by atoms with van der Waals surface area (Å²) in [4.78, 5) is 28.0. The van der Waals surface area contributed by atoms with Gasteiger partial charge in [-0.25, -0.2) is 4.98 Å². The molecule has 1 aliphatic rings. The lowest BCUT2D eigenvalue weighted by atomic mass is 10.2. The quantitative estimate of drug-likeness (QED) is 0.732. The second-order valence-electron chi connectivity index (χ2n) is 4.23. The SMILES string of the molecule is Cc1cc2ncc(=O)n3c2n(c1=O)C(CBr)C3. The predicted molar refractivity (Wildman–Crippen MR) is 67.8 cm³/mol. The van der Waals surface area contributed by atoms with E-state index in [9.17, 15) is 9.59 Å². The number of nitrogens with zero attached hydrogens (tertiary/aromatic N) is 3. The third kappa shape index (κ3) is 1.33. The maximum absolute atomic E-state index is 12.1. The number of rotatable bonds is 1. The average molecular weight is 296 g/mol. The Morgan fingerprint density at radius 2 is 2.29 bits per heavy atom. The van der Waals surface area contributed by atoms with E-state index >= 15 is 0 Å². The molecule has 6 heteroatoms. The molecule has 0 spiro atoms. The highest BCUT2D eigenvalue weighted by molar-refractivity contribution is 9.09. The van der Waals surface area contributed by atoms with Crippen LogP contribution >= 0.6 is 15.9 Å². The summed E-state index contributed by atoms with van der Waals surface area (Å²) >= 11 is 3.39. The average Bonchev–Trinajstić information content (AvgIpc) is 2.71. The van der Waals surface area contributed by atoms with Gasteiger partial charge in [-0.05, 0) is 13.0 Å².